The molecule has 1 amide bonds. The second-order valence-electron chi connectivity index (χ2n) is 7.81. The first-order chi connectivity index (χ1) is 12.5. The molecule has 7 heteroatoms. The van der Waals surface area contributed by atoms with E-state index in [2.05, 4.69) is 23.7 Å². The fraction of sp³-hybridized carbons (Fsp3) is 0.632. The smallest absolute Gasteiger partial charge is 0.259 e. The maximum atomic E-state index is 12.5. The lowest BCUT2D eigenvalue weighted by atomic mass is 10.1. The zero-order chi connectivity index (χ0) is 18.3. The summed E-state index contributed by atoms with van der Waals surface area (Å²) >= 11 is 1.68. The molecule has 0 bridgehead atoms. The van der Waals surface area contributed by atoms with Crippen LogP contribution in [0.4, 0.5) is 0 Å². The normalized spacial score (nSPS) is 18.0. The topological polar surface area (TPSA) is 69.3 Å². The van der Waals surface area contributed by atoms with Crippen LogP contribution in [0.3, 0.4) is 0 Å². The number of carbonyl (C=O) groups excluding carboxylic acids is 1. The lowest BCUT2D eigenvalue weighted by molar-refractivity contribution is -0.133. The van der Waals surface area contributed by atoms with Crippen LogP contribution < -0.4 is 5.56 Å². The zero-order valence-electron chi connectivity index (χ0n) is 15.5. The minimum atomic E-state index is 0.00940. The van der Waals surface area contributed by atoms with Gasteiger partial charge in [0.25, 0.3) is 5.56 Å². The van der Waals surface area contributed by atoms with Gasteiger partial charge in [0.05, 0.1) is 11.9 Å². The highest BCUT2D eigenvalue weighted by Crippen LogP contribution is 2.34. The third kappa shape index (κ3) is 3.42. The van der Waals surface area contributed by atoms with Crippen LogP contribution in [0.5, 0.6) is 0 Å². The van der Waals surface area contributed by atoms with Crippen LogP contribution in [-0.2, 0) is 24.2 Å². The molecule has 1 aliphatic carbocycles. The summed E-state index contributed by atoms with van der Waals surface area (Å²) in [5.41, 5.74) is 1.23. The van der Waals surface area contributed by atoms with Gasteiger partial charge in [-0.2, -0.15) is 0 Å². The van der Waals surface area contributed by atoms with Gasteiger partial charge in [-0.3, -0.25) is 14.5 Å². The number of H-pyrrole nitrogens is 1. The van der Waals surface area contributed by atoms with E-state index in [0.717, 1.165) is 61.5 Å². The van der Waals surface area contributed by atoms with Crippen LogP contribution in [0.2, 0.25) is 0 Å². The number of thiophene rings is 1. The highest BCUT2D eigenvalue weighted by molar-refractivity contribution is 7.18. The van der Waals surface area contributed by atoms with E-state index < -0.39 is 0 Å². The van der Waals surface area contributed by atoms with Gasteiger partial charge in [0.1, 0.15) is 10.7 Å². The van der Waals surface area contributed by atoms with Crippen LogP contribution in [0, 0.1) is 5.92 Å². The number of aryl methyl sites for hydroxylation is 2. The van der Waals surface area contributed by atoms with Crippen molar-refractivity contribution >= 4 is 27.5 Å². The molecular weight excluding hydrogens is 348 g/mol. The summed E-state index contributed by atoms with van der Waals surface area (Å²) in [7, 11) is 0. The Labute approximate surface area is 157 Å². The minimum absolute atomic E-state index is 0.00940. The second kappa shape index (κ2) is 7.12. The SMILES string of the molecule is CC(C)CC(=O)N1CCN(Cc2nc3sc4c(c3c(=O)[nH]2)CCC4)CC1. The van der Waals surface area contributed by atoms with E-state index in [9.17, 15) is 9.59 Å². The van der Waals surface area contributed by atoms with E-state index in [1.165, 1.54) is 10.4 Å². The molecule has 0 radical (unpaired) electrons. The number of hydrogen-bond acceptors (Lipinski definition) is 5. The molecule has 0 aromatic carbocycles. The molecule has 2 aliphatic rings. The Kier molecular flexibility index (Phi) is 4.84. The van der Waals surface area contributed by atoms with E-state index >= 15 is 0 Å². The lowest BCUT2D eigenvalue weighted by Gasteiger charge is -2.34. The summed E-state index contributed by atoms with van der Waals surface area (Å²) in [5, 5.41) is 0.815. The zero-order valence-corrected chi connectivity index (χ0v) is 16.3. The average Bonchev–Trinajstić information content (AvgIpc) is 3.15. The lowest BCUT2D eigenvalue weighted by Crippen LogP contribution is -2.48. The van der Waals surface area contributed by atoms with Crippen LogP contribution in [0.25, 0.3) is 10.2 Å². The molecule has 0 saturated carbocycles. The molecule has 4 rings (SSSR count). The highest BCUT2D eigenvalue weighted by Gasteiger charge is 2.24. The van der Waals surface area contributed by atoms with Crippen molar-refractivity contribution in [3.05, 3.63) is 26.6 Å². The number of rotatable bonds is 4. The number of piperazine rings is 1. The number of amides is 1. The van der Waals surface area contributed by atoms with Crippen molar-refractivity contribution in [2.45, 2.75) is 46.1 Å². The Hall–Kier alpha value is -1.73. The number of aromatic amines is 1. The Bertz CT molecular complexity index is 878. The van der Waals surface area contributed by atoms with E-state index in [1.54, 1.807) is 11.3 Å². The molecule has 1 saturated heterocycles. The molecule has 2 aromatic heterocycles. The summed E-state index contributed by atoms with van der Waals surface area (Å²) in [6, 6.07) is 0. The summed E-state index contributed by atoms with van der Waals surface area (Å²) in [4.78, 5) is 38.9. The Morgan fingerprint density at radius 2 is 2.00 bits per heavy atom. The van der Waals surface area contributed by atoms with Crippen molar-refractivity contribution in [3.63, 3.8) is 0 Å². The maximum Gasteiger partial charge on any atom is 0.259 e. The fourth-order valence-corrected chi connectivity index (χ4v) is 5.25. The molecule has 140 valence electrons. The third-order valence-corrected chi connectivity index (χ3v) is 6.49. The van der Waals surface area contributed by atoms with Crippen LogP contribution in [0.15, 0.2) is 4.79 Å². The van der Waals surface area contributed by atoms with Crippen molar-refractivity contribution in [1.82, 2.24) is 19.8 Å². The first kappa shape index (κ1) is 17.7. The van der Waals surface area contributed by atoms with Crippen LogP contribution in [-0.4, -0.2) is 51.9 Å². The first-order valence-corrected chi connectivity index (χ1v) is 10.4. The third-order valence-electron chi connectivity index (χ3n) is 5.31. The van der Waals surface area contributed by atoms with Crippen molar-refractivity contribution in [2.75, 3.05) is 26.2 Å². The van der Waals surface area contributed by atoms with Crippen molar-refractivity contribution in [1.29, 1.82) is 0 Å². The molecule has 1 N–H and O–H groups in total. The molecule has 6 nitrogen and oxygen atoms in total. The first-order valence-electron chi connectivity index (χ1n) is 9.55. The molecular formula is C19H26N4O2S. The number of aromatic nitrogens is 2. The quantitative estimate of drug-likeness (QED) is 0.890. The fourth-order valence-electron chi connectivity index (χ4n) is 3.97. The molecule has 2 aromatic rings. The number of fused-ring (bicyclic) bond motifs is 3. The Balaban J connectivity index is 1.43. The van der Waals surface area contributed by atoms with Crippen LogP contribution >= 0.6 is 11.3 Å². The van der Waals surface area contributed by atoms with Gasteiger partial charge in [-0.05, 0) is 30.7 Å². The standard InChI is InChI=1S/C19H26N4O2S/c1-12(2)10-16(24)23-8-6-22(7-9-23)11-15-20-18(25)17-13-4-3-5-14(13)26-19(17)21-15/h12H,3-11H2,1-2H3,(H,20,21,25). The van der Waals surface area contributed by atoms with Crippen molar-refractivity contribution in [2.24, 2.45) is 5.92 Å². The largest absolute Gasteiger partial charge is 0.340 e. The maximum absolute atomic E-state index is 12.5. The Morgan fingerprint density at radius 1 is 1.23 bits per heavy atom. The number of hydrogen-bond donors (Lipinski definition) is 1. The number of nitrogens with zero attached hydrogens (tertiary/aromatic N) is 3. The molecule has 0 spiro atoms. The molecule has 0 atom stereocenters. The van der Waals surface area contributed by atoms with E-state index in [4.69, 9.17) is 4.98 Å². The highest BCUT2D eigenvalue weighted by atomic mass is 32.1. The number of nitrogens with one attached hydrogen (secondary N) is 1. The summed E-state index contributed by atoms with van der Waals surface area (Å²) in [5.74, 6) is 1.39. The van der Waals surface area contributed by atoms with Gasteiger partial charge in [0.2, 0.25) is 5.91 Å². The molecule has 26 heavy (non-hydrogen) atoms. The van der Waals surface area contributed by atoms with Crippen LogP contribution in [0.1, 0.15) is 43.0 Å². The average molecular weight is 375 g/mol. The van der Waals surface area contributed by atoms with Gasteiger partial charge in [0, 0.05) is 37.5 Å². The van der Waals surface area contributed by atoms with Crippen molar-refractivity contribution < 1.29 is 4.79 Å². The van der Waals surface area contributed by atoms with Gasteiger partial charge >= 0.3 is 0 Å². The van der Waals surface area contributed by atoms with Gasteiger partial charge < -0.3 is 9.88 Å². The minimum Gasteiger partial charge on any atom is -0.340 e. The number of carbonyl (C=O) groups is 1. The van der Waals surface area contributed by atoms with Gasteiger partial charge in [-0.1, -0.05) is 13.8 Å². The second-order valence-corrected chi connectivity index (χ2v) is 8.89. The van der Waals surface area contributed by atoms with E-state index in [0.29, 0.717) is 18.9 Å². The van der Waals surface area contributed by atoms with Crippen molar-refractivity contribution in [3.8, 4) is 0 Å². The molecule has 1 aliphatic heterocycles. The van der Waals surface area contributed by atoms with Gasteiger partial charge in [-0.15, -0.1) is 11.3 Å². The predicted molar refractivity (Wildman–Crippen MR) is 104 cm³/mol. The molecule has 3 heterocycles. The summed E-state index contributed by atoms with van der Waals surface area (Å²) in [6.45, 7) is 7.95. The molecule has 1 fully saturated rings. The van der Waals surface area contributed by atoms with E-state index in [-0.39, 0.29) is 11.5 Å². The molecule has 0 unspecified atom stereocenters. The summed E-state index contributed by atoms with van der Waals surface area (Å²) in [6.07, 6.45) is 3.86. The Morgan fingerprint density at radius 3 is 2.73 bits per heavy atom. The predicted octanol–water partition coefficient (Wildman–Crippen LogP) is 2.16. The monoisotopic (exact) mass is 374 g/mol. The van der Waals surface area contributed by atoms with E-state index in [1.807, 2.05) is 4.90 Å². The van der Waals surface area contributed by atoms with Gasteiger partial charge in [-0.25, -0.2) is 4.98 Å². The van der Waals surface area contributed by atoms with Gasteiger partial charge in [0.15, 0.2) is 0 Å². The summed E-state index contributed by atoms with van der Waals surface area (Å²) < 4.78 is 0.